The van der Waals surface area contributed by atoms with Gasteiger partial charge in [-0.1, -0.05) is 108 Å². The minimum absolute atomic E-state index is 0.0833. The number of amides is 2. The molecule has 0 unspecified atom stereocenters. The number of hydrogen-bond acceptors (Lipinski definition) is 7. The van der Waals surface area contributed by atoms with E-state index in [-0.39, 0.29) is 75.1 Å². The summed E-state index contributed by atoms with van der Waals surface area (Å²) in [5.41, 5.74) is 39.5. The van der Waals surface area contributed by atoms with Gasteiger partial charge in [-0.25, -0.2) is 0 Å². The lowest BCUT2D eigenvalue weighted by Crippen LogP contribution is -2.47. The molecule has 13 N–H and O–H groups in total. The molecule has 0 saturated heterocycles. The number of rotatable bonds is 23. The summed E-state index contributed by atoms with van der Waals surface area (Å²) in [6.07, 6.45) is 1.27. The van der Waals surface area contributed by atoms with E-state index in [0.29, 0.717) is 22.9 Å². The molecule has 0 aromatic heterocycles. The molecule has 4 rings (SSSR count). The summed E-state index contributed by atoms with van der Waals surface area (Å²) in [7, 11) is 0. The Morgan fingerprint density at radius 1 is 0.576 bits per heavy atom. The average Bonchev–Trinajstić information content (AvgIpc) is 3.21. The SMILES string of the molecule is NC(=O)[C@H](CCCN=C(N)N)CC(=O)[C@H](Cc1ccc(-c2ccccc2)cc1)NC(=O)[C@H](CCCN=C(N)N)CC(=O)[C@@H](N)Cc1ccc(-c2ccc(Cl)c(Cl)c2)cc1. The van der Waals surface area contributed by atoms with Crippen molar-refractivity contribution in [2.24, 2.45) is 56.2 Å². The van der Waals surface area contributed by atoms with Gasteiger partial charge in [-0.3, -0.25) is 29.2 Å². The van der Waals surface area contributed by atoms with E-state index in [1.165, 1.54) is 0 Å². The number of Topliss-reactive ketones (excluding diaryl/α,β-unsaturated/α-hetero) is 2. The third-order valence-corrected chi connectivity index (χ3v) is 10.7. The molecular weight excluding hydrogens is 789 g/mol. The van der Waals surface area contributed by atoms with Gasteiger partial charge in [-0.15, -0.1) is 0 Å². The van der Waals surface area contributed by atoms with Gasteiger partial charge in [0.05, 0.1) is 22.1 Å². The average molecular weight is 843 g/mol. The molecule has 0 aliphatic carbocycles. The van der Waals surface area contributed by atoms with Crippen LogP contribution in [0.25, 0.3) is 22.3 Å². The predicted molar refractivity (Wildman–Crippen MR) is 236 cm³/mol. The summed E-state index contributed by atoms with van der Waals surface area (Å²) < 4.78 is 0. The Kier molecular flexibility index (Phi) is 17.9. The van der Waals surface area contributed by atoms with Crippen molar-refractivity contribution in [3.63, 3.8) is 0 Å². The number of halogens is 2. The molecule has 4 atom stereocenters. The summed E-state index contributed by atoms with van der Waals surface area (Å²) >= 11 is 12.3. The van der Waals surface area contributed by atoms with Crippen LogP contribution in [-0.4, -0.2) is 60.5 Å². The van der Waals surface area contributed by atoms with Gasteiger partial charge in [0.2, 0.25) is 11.8 Å². The summed E-state index contributed by atoms with van der Waals surface area (Å²) in [6, 6.07) is 28.5. The van der Waals surface area contributed by atoms with Crippen LogP contribution in [0.1, 0.15) is 49.7 Å². The standard InChI is InChI=1S/C44H53Cl2N9O4/c45-35-19-18-32(24-36(35)46)31-16-10-27(11-17-31)22-37(47)39(56)26-34(9-5-21-54-44(51)52)42(59)55-38(40(57)25-33(41(48)58)8-4-20-53-43(49)50)23-28-12-14-30(15-13-28)29-6-2-1-3-7-29/h1-3,6-7,10-19,24,33-34,37-38H,4-5,8-9,20-23,25-26,47H2,(H2,48,58)(H,55,59)(H4,49,50,53)(H4,51,52,54)/t33-,34-,37+,38+/m1/s1. The van der Waals surface area contributed by atoms with Crippen molar-refractivity contribution in [2.75, 3.05) is 13.1 Å². The van der Waals surface area contributed by atoms with Crippen LogP contribution in [0.3, 0.4) is 0 Å². The van der Waals surface area contributed by atoms with E-state index in [1.54, 1.807) is 12.1 Å². The third-order valence-electron chi connectivity index (χ3n) is 9.96. The normalized spacial score (nSPS) is 13.0. The maximum Gasteiger partial charge on any atom is 0.224 e. The number of primary amides is 1. The van der Waals surface area contributed by atoms with Crippen molar-refractivity contribution in [1.29, 1.82) is 0 Å². The summed E-state index contributed by atoms with van der Waals surface area (Å²) in [6.45, 7) is 0.490. The Balaban J connectivity index is 1.52. The molecule has 0 bridgehead atoms. The van der Waals surface area contributed by atoms with Crippen LogP contribution in [-0.2, 0) is 32.0 Å². The molecule has 0 saturated carbocycles. The van der Waals surface area contributed by atoms with E-state index in [4.69, 9.17) is 57.6 Å². The highest BCUT2D eigenvalue weighted by atomic mass is 35.5. The van der Waals surface area contributed by atoms with Gasteiger partial charge >= 0.3 is 0 Å². The number of benzene rings is 4. The molecule has 0 heterocycles. The number of nitrogens with zero attached hydrogens (tertiary/aromatic N) is 2. The van der Waals surface area contributed by atoms with Crippen LogP contribution < -0.4 is 39.7 Å². The summed E-state index contributed by atoms with van der Waals surface area (Å²) in [5, 5.41) is 3.82. The Morgan fingerprint density at radius 3 is 1.61 bits per heavy atom. The monoisotopic (exact) mass is 841 g/mol. The molecule has 0 fully saturated rings. The first kappa shape index (κ1) is 45.9. The van der Waals surface area contributed by atoms with Crippen molar-refractivity contribution in [3.8, 4) is 22.3 Å². The number of carbonyl (C=O) groups excluding carboxylic acids is 4. The minimum Gasteiger partial charge on any atom is -0.370 e. The second-order valence-electron chi connectivity index (χ2n) is 14.5. The van der Waals surface area contributed by atoms with Crippen molar-refractivity contribution < 1.29 is 19.2 Å². The third kappa shape index (κ3) is 15.2. The smallest absolute Gasteiger partial charge is 0.224 e. The highest BCUT2D eigenvalue weighted by Gasteiger charge is 2.31. The van der Waals surface area contributed by atoms with Crippen molar-refractivity contribution in [3.05, 3.63) is 118 Å². The molecule has 0 radical (unpaired) electrons. The Bertz CT molecular complexity index is 2090. The maximum absolute atomic E-state index is 14.2. The number of hydrogen-bond donors (Lipinski definition) is 7. The lowest BCUT2D eigenvalue weighted by molar-refractivity contribution is -0.134. The Hall–Kier alpha value is -5.76. The van der Waals surface area contributed by atoms with Crippen LogP contribution in [0.15, 0.2) is 107 Å². The second-order valence-corrected chi connectivity index (χ2v) is 15.3. The molecule has 4 aromatic carbocycles. The molecule has 0 aliphatic rings. The minimum atomic E-state index is -1.04. The fourth-order valence-electron chi connectivity index (χ4n) is 6.65. The highest BCUT2D eigenvalue weighted by Crippen LogP contribution is 2.29. The van der Waals surface area contributed by atoms with E-state index in [9.17, 15) is 19.2 Å². The number of ketones is 2. The van der Waals surface area contributed by atoms with Crippen molar-refractivity contribution >= 4 is 58.5 Å². The van der Waals surface area contributed by atoms with Gasteiger partial charge in [-0.05, 0) is 84.0 Å². The molecule has 2 amide bonds. The van der Waals surface area contributed by atoms with E-state index in [2.05, 4.69) is 15.3 Å². The number of nitrogens with one attached hydrogen (secondary N) is 1. The maximum atomic E-state index is 14.2. The lowest BCUT2D eigenvalue weighted by Gasteiger charge is -2.24. The number of guanidine groups is 2. The van der Waals surface area contributed by atoms with Gasteiger partial charge in [-0.2, -0.15) is 0 Å². The highest BCUT2D eigenvalue weighted by molar-refractivity contribution is 6.42. The topological polar surface area (TPSA) is 261 Å². The van der Waals surface area contributed by atoms with E-state index in [0.717, 1.165) is 33.4 Å². The zero-order chi connectivity index (χ0) is 42.9. The molecule has 59 heavy (non-hydrogen) atoms. The zero-order valence-electron chi connectivity index (χ0n) is 32.9. The molecule has 0 aliphatic heterocycles. The van der Waals surface area contributed by atoms with Gasteiger partial charge in [0.15, 0.2) is 23.5 Å². The molecule has 0 spiro atoms. The van der Waals surface area contributed by atoms with Gasteiger partial charge in [0, 0.05) is 37.8 Å². The van der Waals surface area contributed by atoms with Crippen LogP contribution in [0.2, 0.25) is 10.0 Å². The van der Waals surface area contributed by atoms with E-state index < -0.39 is 35.7 Å². The Morgan fingerprint density at radius 2 is 1.07 bits per heavy atom. The first-order valence-electron chi connectivity index (χ1n) is 19.4. The molecule has 15 heteroatoms. The molecule has 4 aromatic rings. The molecule has 13 nitrogen and oxygen atoms in total. The van der Waals surface area contributed by atoms with Gasteiger partial charge in [0.25, 0.3) is 0 Å². The fraction of sp³-hybridized carbons (Fsp3) is 0.318. The first-order chi connectivity index (χ1) is 28.2. The summed E-state index contributed by atoms with van der Waals surface area (Å²) in [4.78, 5) is 62.3. The van der Waals surface area contributed by atoms with E-state index in [1.807, 2.05) is 84.9 Å². The van der Waals surface area contributed by atoms with Crippen LogP contribution in [0.4, 0.5) is 0 Å². The van der Waals surface area contributed by atoms with Crippen LogP contribution in [0, 0.1) is 11.8 Å². The number of aliphatic imine (C=N–C) groups is 2. The number of nitrogens with two attached hydrogens (primary N) is 6. The van der Waals surface area contributed by atoms with Crippen LogP contribution >= 0.6 is 23.2 Å². The summed E-state index contributed by atoms with van der Waals surface area (Å²) in [5.74, 6) is -3.73. The first-order valence-corrected chi connectivity index (χ1v) is 20.2. The lowest BCUT2D eigenvalue weighted by atomic mass is 9.89. The quantitative estimate of drug-likeness (QED) is 0.0311. The zero-order valence-corrected chi connectivity index (χ0v) is 34.4. The molecular formula is C44H53Cl2N9O4. The Labute approximate surface area is 355 Å². The van der Waals surface area contributed by atoms with Gasteiger partial charge < -0.3 is 39.7 Å². The fourth-order valence-corrected chi connectivity index (χ4v) is 6.95. The van der Waals surface area contributed by atoms with E-state index >= 15 is 0 Å². The largest absolute Gasteiger partial charge is 0.370 e. The van der Waals surface area contributed by atoms with Crippen LogP contribution in [0.5, 0.6) is 0 Å². The van der Waals surface area contributed by atoms with Gasteiger partial charge in [0.1, 0.15) is 0 Å². The van der Waals surface area contributed by atoms with Crippen molar-refractivity contribution in [1.82, 2.24) is 5.32 Å². The molecule has 312 valence electrons. The second kappa shape index (κ2) is 23.0. The number of carbonyl (C=O) groups is 4. The van der Waals surface area contributed by atoms with Crippen molar-refractivity contribution in [2.45, 2.75) is 63.5 Å². The predicted octanol–water partition coefficient (Wildman–Crippen LogP) is 4.67.